The zero-order chi connectivity index (χ0) is 7.11. The van der Waals surface area contributed by atoms with Gasteiger partial charge < -0.3 is 5.73 Å². The standard InChI is InChI=1S/C8H13N/c1-8(2)6-4-3-5-7-9/h3-7H,9H2,1-2H3/b4-3-,7-5-. The topological polar surface area (TPSA) is 26.0 Å². The third-order valence-corrected chi connectivity index (χ3v) is 0.763. The molecule has 0 bridgehead atoms. The van der Waals surface area contributed by atoms with E-state index in [0.29, 0.717) is 0 Å². The molecule has 50 valence electrons. The highest BCUT2D eigenvalue weighted by atomic mass is 14.5. The molecule has 1 nitrogen and oxygen atoms in total. The molecule has 1 heteroatoms. The van der Waals surface area contributed by atoms with Crippen LogP contribution in [0.4, 0.5) is 0 Å². The van der Waals surface area contributed by atoms with Crippen molar-refractivity contribution in [1.29, 1.82) is 0 Å². The Morgan fingerprint density at radius 3 is 2.22 bits per heavy atom. The molecular formula is C8H13N. The zero-order valence-electron chi connectivity index (χ0n) is 5.96. The molecule has 0 radical (unpaired) electrons. The van der Waals surface area contributed by atoms with Crippen molar-refractivity contribution in [2.24, 2.45) is 5.73 Å². The van der Waals surface area contributed by atoms with Gasteiger partial charge in [0, 0.05) is 0 Å². The van der Waals surface area contributed by atoms with Gasteiger partial charge in [-0.25, -0.2) is 0 Å². The highest BCUT2D eigenvalue weighted by molar-refractivity contribution is 5.13. The van der Waals surface area contributed by atoms with Crippen LogP contribution >= 0.6 is 0 Å². The Labute approximate surface area is 56.6 Å². The molecule has 0 aromatic carbocycles. The van der Waals surface area contributed by atoms with Crippen LogP contribution in [0.5, 0.6) is 0 Å². The van der Waals surface area contributed by atoms with Gasteiger partial charge in [0.2, 0.25) is 0 Å². The Morgan fingerprint density at radius 2 is 1.78 bits per heavy atom. The largest absolute Gasteiger partial charge is 0.405 e. The molecule has 0 aromatic heterocycles. The van der Waals surface area contributed by atoms with Crippen molar-refractivity contribution in [3.8, 4) is 0 Å². The molecule has 0 aliphatic carbocycles. The van der Waals surface area contributed by atoms with E-state index in [1.54, 1.807) is 6.08 Å². The van der Waals surface area contributed by atoms with Crippen molar-refractivity contribution < 1.29 is 0 Å². The average Bonchev–Trinajstić information content (AvgIpc) is 1.80. The Hall–Kier alpha value is -0.980. The van der Waals surface area contributed by atoms with E-state index in [1.165, 1.54) is 11.8 Å². The van der Waals surface area contributed by atoms with Crippen LogP contribution in [-0.4, -0.2) is 0 Å². The van der Waals surface area contributed by atoms with Gasteiger partial charge in [0.25, 0.3) is 0 Å². The van der Waals surface area contributed by atoms with Crippen LogP contribution in [-0.2, 0) is 0 Å². The molecule has 0 heterocycles. The molecule has 0 saturated carbocycles. The first-order valence-corrected chi connectivity index (χ1v) is 2.96. The Morgan fingerprint density at radius 1 is 1.11 bits per heavy atom. The van der Waals surface area contributed by atoms with Gasteiger partial charge in [0.05, 0.1) is 0 Å². The van der Waals surface area contributed by atoms with Gasteiger partial charge in [0.1, 0.15) is 0 Å². The lowest BCUT2D eigenvalue weighted by molar-refractivity contribution is 1.39. The first-order valence-electron chi connectivity index (χ1n) is 2.96. The highest BCUT2D eigenvalue weighted by Gasteiger charge is 1.67. The predicted molar refractivity (Wildman–Crippen MR) is 41.9 cm³/mol. The Bertz CT molecular complexity index is 137. The molecule has 0 fully saturated rings. The Balaban J connectivity index is 3.60. The van der Waals surface area contributed by atoms with Gasteiger partial charge in [-0.2, -0.15) is 0 Å². The molecule has 0 amide bonds. The maximum Gasteiger partial charge on any atom is -0.00624 e. The van der Waals surface area contributed by atoms with E-state index in [1.807, 2.05) is 18.2 Å². The maximum atomic E-state index is 5.09. The first kappa shape index (κ1) is 8.02. The minimum absolute atomic E-state index is 1.29. The third-order valence-electron chi connectivity index (χ3n) is 0.763. The minimum Gasteiger partial charge on any atom is -0.405 e. The number of rotatable bonds is 2. The molecule has 9 heavy (non-hydrogen) atoms. The van der Waals surface area contributed by atoms with Crippen molar-refractivity contribution >= 4 is 0 Å². The van der Waals surface area contributed by atoms with Gasteiger partial charge in [-0.3, -0.25) is 0 Å². The molecular weight excluding hydrogens is 110 g/mol. The summed E-state index contributed by atoms with van der Waals surface area (Å²) >= 11 is 0. The van der Waals surface area contributed by atoms with Crippen molar-refractivity contribution in [3.63, 3.8) is 0 Å². The molecule has 0 rings (SSSR count). The molecule has 0 saturated heterocycles. The lowest BCUT2D eigenvalue weighted by Crippen LogP contribution is -1.71. The summed E-state index contributed by atoms with van der Waals surface area (Å²) in [6.07, 6.45) is 9.18. The quantitative estimate of drug-likeness (QED) is 0.558. The maximum absolute atomic E-state index is 5.09. The number of nitrogens with two attached hydrogens (primary N) is 1. The van der Waals surface area contributed by atoms with E-state index in [9.17, 15) is 0 Å². The van der Waals surface area contributed by atoms with Crippen LogP contribution in [0.15, 0.2) is 36.1 Å². The predicted octanol–water partition coefficient (Wildman–Crippen LogP) is 1.98. The van der Waals surface area contributed by atoms with E-state index in [0.717, 1.165) is 0 Å². The molecule has 0 aliphatic heterocycles. The van der Waals surface area contributed by atoms with Crippen molar-refractivity contribution in [2.75, 3.05) is 0 Å². The van der Waals surface area contributed by atoms with E-state index in [-0.39, 0.29) is 0 Å². The van der Waals surface area contributed by atoms with Crippen LogP contribution in [0.25, 0.3) is 0 Å². The van der Waals surface area contributed by atoms with Crippen LogP contribution in [0.2, 0.25) is 0 Å². The summed E-state index contributed by atoms with van der Waals surface area (Å²) in [5.74, 6) is 0. The number of hydrogen-bond acceptors (Lipinski definition) is 1. The van der Waals surface area contributed by atoms with E-state index in [2.05, 4.69) is 13.8 Å². The van der Waals surface area contributed by atoms with Crippen LogP contribution < -0.4 is 5.73 Å². The minimum atomic E-state index is 1.29. The van der Waals surface area contributed by atoms with Gasteiger partial charge >= 0.3 is 0 Å². The smallest absolute Gasteiger partial charge is 0.00624 e. The summed E-state index contributed by atoms with van der Waals surface area (Å²) in [4.78, 5) is 0. The fourth-order valence-electron chi connectivity index (χ4n) is 0.376. The summed E-state index contributed by atoms with van der Waals surface area (Å²) in [5.41, 5.74) is 6.38. The van der Waals surface area contributed by atoms with Gasteiger partial charge in [-0.15, -0.1) is 0 Å². The number of hydrogen-bond donors (Lipinski definition) is 1. The van der Waals surface area contributed by atoms with Crippen molar-refractivity contribution in [3.05, 3.63) is 36.1 Å². The summed E-state index contributed by atoms with van der Waals surface area (Å²) in [6.45, 7) is 4.10. The van der Waals surface area contributed by atoms with Crippen LogP contribution in [0, 0.1) is 0 Å². The summed E-state index contributed by atoms with van der Waals surface area (Å²) in [6, 6.07) is 0. The monoisotopic (exact) mass is 123 g/mol. The molecule has 0 unspecified atom stereocenters. The highest BCUT2D eigenvalue weighted by Crippen LogP contribution is 1.88. The van der Waals surface area contributed by atoms with Crippen LogP contribution in [0.3, 0.4) is 0 Å². The lowest BCUT2D eigenvalue weighted by atomic mass is 10.3. The van der Waals surface area contributed by atoms with Crippen molar-refractivity contribution in [2.45, 2.75) is 13.8 Å². The number of allylic oxidation sites excluding steroid dienone is 5. The van der Waals surface area contributed by atoms with Gasteiger partial charge in [-0.05, 0) is 26.1 Å². The second-order valence-corrected chi connectivity index (χ2v) is 2.01. The normalized spacial score (nSPS) is 10.9. The first-order chi connectivity index (χ1) is 4.27. The zero-order valence-corrected chi connectivity index (χ0v) is 5.96. The van der Waals surface area contributed by atoms with E-state index < -0.39 is 0 Å². The van der Waals surface area contributed by atoms with Gasteiger partial charge in [0.15, 0.2) is 0 Å². The Kier molecular flexibility index (Phi) is 4.60. The third kappa shape index (κ3) is 7.02. The van der Waals surface area contributed by atoms with Gasteiger partial charge in [-0.1, -0.05) is 23.8 Å². The molecule has 0 aliphatic rings. The second kappa shape index (κ2) is 5.16. The van der Waals surface area contributed by atoms with E-state index >= 15 is 0 Å². The van der Waals surface area contributed by atoms with Crippen molar-refractivity contribution in [1.82, 2.24) is 0 Å². The lowest BCUT2D eigenvalue weighted by Gasteiger charge is -1.79. The fraction of sp³-hybridized carbons (Fsp3) is 0.250. The second-order valence-electron chi connectivity index (χ2n) is 2.01. The molecule has 0 aromatic rings. The fourth-order valence-corrected chi connectivity index (χ4v) is 0.376. The molecule has 0 spiro atoms. The summed E-state index contributed by atoms with van der Waals surface area (Å²) < 4.78 is 0. The summed E-state index contributed by atoms with van der Waals surface area (Å²) in [7, 11) is 0. The summed E-state index contributed by atoms with van der Waals surface area (Å²) in [5, 5.41) is 0. The molecule has 0 atom stereocenters. The SMILES string of the molecule is CC(C)=C/C=C\C=C/N. The average molecular weight is 123 g/mol. The van der Waals surface area contributed by atoms with Crippen LogP contribution in [0.1, 0.15) is 13.8 Å². The molecule has 2 N–H and O–H groups in total. The van der Waals surface area contributed by atoms with E-state index in [4.69, 9.17) is 5.73 Å².